The molecule has 0 aliphatic carbocycles. The molecule has 0 amide bonds. The molecule has 1 aromatic carbocycles. The van der Waals surface area contributed by atoms with Gasteiger partial charge in [0.1, 0.15) is 0 Å². The molecule has 0 radical (unpaired) electrons. The predicted molar refractivity (Wildman–Crippen MR) is 87.1 cm³/mol. The maximum atomic E-state index is 5.96. The fourth-order valence-corrected chi connectivity index (χ4v) is 1.92. The number of hydrogen-bond donors (Lipinski definition) is 1. The predicted octanol–water partition coefficient (Wildman–Crippen LogP) is 2.37. The minimum Gasteiger partial charge on any atom is -0.493 e. The summed E-state index contributed by atoms with van der Waals surface area (Å²) in [6.07, 6.45) is 0. The van der Waals surface area contributed by atoms with Crippen molar-refractivity contribution in [3.63, 3.8) is 0 Å². The van der Waals surface area contributed by atoms with Crippen molar-refractivity contribution >= 4 is 5.96 Å². The molecular weight excluding hydrogens is 266 g/mol. The molecule has 1 atom stereocenters. The molecule has 0 aliphatic rings. The first kappa shape index (κ1) is 17.1. The Morgan fingerprint density at radius 3 is 2.43 bits per heavy atom. The Morgan fingerprint density at radius 1 is 1.24 bits per heavy atom. The molecule has 0 bridgehead atoms. The zero-order valence-corrected chi connectivity index (χ0v) is 13.5. The summed E-state index contributed by atoms with van der Waals surface area (Å²) in [7, 11) is 1.64. The molecule has 118 valence electrons. The highest BCUT2D eigenvalue weighted by molar-refractivity contribution is 5.77. The number of methoxy groups -OCH3 is 1. The number of nitrogens with zero attached hydrogens (tertiary/aromatic N) is 2. The molecule has 0 aliphatic heterocycles. The van der Waals surface area contributed by atoms with Crippen LogP contribution in [0.4, 0.5) is 0 Å². The third-order valence-corrected chi connectivity index (χ3v) is 3.24. The molecule has 1 aromatic rings. The molecule has 21 heavy (non-hydrogen) atoms. The second-order valence-electron chi connectivity index (χ2n) is 4.94. The van der Waals surface area contributed by atoms with Crippen molar-refractivity contribution in [2.75, 3.05) is 33.4 Å². The number of hydrogen-bond acceptors (Lipinski definition) is 3. The molecule has 0 heterocycles. The van der Waals surface area contributed by atoms with E-state index in [2.05, 4.69) is 25.8 Å². The van der Waals surface area contributed by atoms with E-state index in [9.17, 15) is 0 Å². The van der Waals surface area contributed by atoms with Gasteiger partial charge in [0.05, 0.1) is 13.7 Å². The number of ether oxygens (including phenoxy) is 2. The van der Waals surface area contributed by atoms with Gasteiger partial charge < -0.3 is 20.1 Å². The monoisotopic (exact) mass is 293 g/mol. The van der Waals surface area contributed by atoms with E-state index in [0.29, 0.717) is 19.1 Å². The summed E-state index contributed by atoms with van der Waals surface area (Å²) in [6.45, 7) is 9.21. The first-order chi connectivity index (χ1) is 10.1. The Balaban J connectivity index is 2.47. The van der Waals surface area contributed by atoms with Gasteiger partial charge in [-0.25, -0.2) is 0 Å². The number of nitrogens with two attached hydrogens (primary N) is 1. The van der Waals surface area contributed by atoms with Crippen LogP contribution in [0.2, 0.25) is 0 Å². The van der Waals surface area contributed by atoms with Crippen LogP contribution in [0, 0.1) is 5.92 Å². The molecule has 0 aromatic heterocycles. The first-order valence-corrected chi connectivity index (χ1v) is 7.43. The minimum absolute atomic E-state index is 0.282. The van der Waals surface area contributed by atoms with Gasteiger partial charge in [-0.1, -0.05) is 19.1 Å². The first-order valence-electron chi connectivity index (χ1n) is 7.43. The van der Waals surface area contributed by atoms with E-state index in [1.165, 1.54) is 0 Å². The molecule has 1 unspecified atom stereocenters. The largest absolute Gasteiger partial charge is 0.493 e. The van der Waals surface area contributed by atoms with Crippen LogP contribution in [-0.2, 0) is 0 Å². The maximum absolute atomic E-state index is 5.96. The van der Waals surface area contributed by atoms with Crippen LogP contribution in [-0.4, -0.2) is 44.2 Å². The average molecular weight is 293 g/mol. The molecule has 5 heteroatoms. The number of rotatable bonds is 8. The Labute approximate surface area is 127 Å². The number of aliphatic imine (C=N–C) groups is 1. The molecule has 2 N–H and O–H groups in total. The third kappa shape index (κ3) is 5.53. The Kier molecular flexibility index (Phi) is 7.43. The van der Waals surface area contributed by atoms with Gasteiger partial charge in [0, 0.05) is 25.6 Å². The summed E-state index contributed by atoms with van der Waals surface area (Å²) in [4.78, 5) is 6.47. The van der Waals surface area contributed by atoms with Crippen LogP contribution in [0.1, 0.15) is 20.8 Å². The highest BCUT2D eigenvalue weighted by Gasteiger charge is 2.08. The van der Waals surface area contributed by atoms with E-state index in [0.717, 1.165) is 24.6 Å². The lowest BCUT2D eigenvalue weighted by molar-refractivity contribution is 0.251. The fourth-order valence-electron chi connectivity index (χ4n) is 1.92. The highest BCUT2D eigenvalue weighted by Crippen LogP contribution is 2.26. The van der Waals surface area contributed by atoms with Crippen molar-refractivity contribution in [2.24, 2.45) is 16.6 Å². The third-order valence-electron chi connectivity index (χ3n) is 3.24. The van der Waals surface area contributed by atoms with Gasteiger partial charge >= 0.3 is 0 Å². The zero-order valence-electron chi connectivity index (χ0n) is 13.5. The van der Waals surface area contributed by atoms with Crippen molar-refractivity contribution < 1.29 is 9.47 Å². The van der Waals surface area contributed by atoms with Crippen LogP contribution in [0.5, 0.6) is 11.5 Å². The van der Waals surface area contributed by atoms with E-state index >= 15 is 0 Å². The summed E-state index contributed by atoms with van der Waals surface area (Å²) in [5.41, 5.74) is 5.96. The molecule has 1 rings (SSSR count). The van der Waals surface area contributed by atoms with Gasteiger partial charge in [-0.3, -0.25) is 4.99 Å². The van der Waals surface area contributed by atoms with Crippen molar-refractivity contribution in [3.05, 3.63) is 24.3 Å². The van der Waals surface area contributed by atoms with E-state index in [4.69, 9.17) is 15.2 Å². The van der Waals surface area contributed by atoms with E-state index in [1.807, 2.05) is 29.2 Å². The van der Waals surface area contributed by atoms with Crippen LogP contribution < -0.4 is 15.2 Å². The lowest BCUT2D eigenvalue weighted by Gasteiger charge is -2.20. The van der Waals surface area contributed by atoms with Crippen LogP contribution >= 0.6 is 0 Å². The quantitative estimate of drug-likeness (QED) is 0.590. The summed E-state index contributed by atoms with van der Waals surface area (Å²) in [6, 6.07) is 7.64. The Hall–Kier alpha value is -1.91. The molecule has 5 nitrogen and oxygen atoms in total. The van der Waals surface area contributed by atoms with Gasteiger partial charge in [0.25, 0.3) is 0 Å². The normalized spacial score (nSPS) is 12.9. The molecule has 0 saturated carbocycles. The number of benzene rings is 1. The number of para-hydroxylation sites is 2. The average Bonchev–Trinajstić information content (AvgIpc) is 2.52. The van der Waals surface area contributed by atoms with Crippen molar-refractivity contribution in [1.82, 2.24) is 4.90 Å². The minimum atomic E-state index is 0.282. The van der Waals surface area contributed by atoms with Gasteiger partial charge in [0.2, 0.25) is 0 Å². The zero-order chi connectivity index (χ0) is 15.7. The van der Waals surface area contributed by atoms with Gasteiger partial charge in [0.15, 0.2) is 17.5 Å². The van der Waals surface area contributed by atoms with Crippen molar-refractivity contribution in [3.8, 4) is 11.5 Å². The van der Waals surface area contributed by atoms with Gasteiger partial charge in [-0.15, -0.1) is 0 Å². The topological polar surface area (TPSA) is 60.1 Å². The Morgan fingerprint density at radius 2 is 1.86 bits per heavy atom. The van der Waals surface area contributed by atoms with Crippen molar-refractivity contribution in [1.29, 1.82) is 0 Å². The fraction of sp³-hybridized carbons (Fsp3) is 0.562. The van der Waals surface area contributed by atoms with Crippen LogP contribution in [0.25, 0.3) is 0 Å². The summed E-state index contributed by atoms with van der Waals surface area (Å²) in [5.74, 6) is 2.39. The number of guanidine groups is 1. The lowest BCUT2D eigenvalue weighted by Crippen LogP contribution is -2.37. The summed E-state index contributed by atoms with van der Waals surface area (Å²) < 4.78 is 11.0. The SMILES string of the molecule is CCN(CC)C(N)=NCC(C)COc1ccccc1OC. The second-order valence-corrected chi connectivity index (χ2v) is 4.94. The molecule has 0 saturated heterocycles. The van der Waals surface area contributed by atoms with E-state index in [-0.39, 0.29) is 5.92 Å². The second kappa shape index (κ2) is 9.10. The molecule has 0 fully saturated rings. The summed E-state index contributed by atoms with van der Waals surface area (Å²) >= 11 is 0. The lowest BCUT2D eigenvalue weighted by atomic mass is 10.2. The van der Waals surface area contributed by atoms with Crippen LogP contribution in [0.3, 0.4) is 0 Å². The van der Waals surface area contributed by atoms with Crippen molar-refractivity contribution in [2.45, 2.75) is 20.8 Å². The smallest absolute Gasteiger partial charge is 0.191 e. The van der Waals surface area contributed by atoms with E-state index in [1.54, 1.807) is 7.11 Å². The van der Waals surface area contributed by atoms with Gasteiger partial charge in [-0.2, -0.15) is 0 Å². The van der Waals surface area contributed by atoms with Gasteiger partial charge in [-0.05, 0) is 26.0 Å². The standard InChI is InChI=1S/C16H27N3O2/c1-5-19(6-2)16(17)18-11-13(3)12-21-15-10-8-7-9-14(15)20-4/h7-10,13H,5-6,11-12H2,1-4H3,(H2,17,18). The molecular formula is C16H27N3O2. The maximum Gasteiger partial charge on any atom is 0.191 e. The Bertz CT molecular complexity index is 445. The van der Waals surface area contributed by atoms with Crippen LogP contribution in [0.15, 0.2) is 29.3 Å². The molecule has 0 spiro atoms. The summed E-state index contributed by atoms with van der Waals surface area (Å²) in [5, 5.41) is 0. The highest BCUT2D eigenvalue weighted by atomic mass is 16.5. The van der Waals surface area contributed by atoms with E-state index < -0.39 is 0 Å².